The number of nitrogens with zero attached hydrogens (tertiary/aromatic N) is 2. The highest BCUT2D eigenvalue weighted by molar-refractivity contribution is 5.76. The number of piperidine rings is 3. The largest absolute Gasteiger partial charge is 0.344 e. The summed E-state index contributed by atoms with van der Waals surface area (Å²) in [5.41, 5.74) is 0. The lowest BCUT2D eigenvalue weighted by molar-refractivity contribution is -0.135. The summed E-state index contributed by atoms with van der Waals surface area (Å²) in [5.74, 6) is 0.325. The number of fused-ring (bicyclic) bond motifs is 2. The average Bonchev–Trinajstić information content (AvgIpc) is 2.40. The molecular weight excluding hydrogens is 238 g/mol. The number of amides is 1. The van der Waals surface area contributed by atoms with Crippen molar-refractivity contribution < 1.29 is 4.79 Å². The van der Waals surface area contributed by atoms with Crippen LogP contribution in [0.1, 0.15) is 44.9 Å². The first-order chi connectivity index (χ1) is 9.19. The molecule has 0 aromatic rings. The van der Waals surface area contributed by atoms with Gasteiger partial charge in [0.15, 0.2) is 0 Å². The van der Waals surface area contributed by atoms with Crippen molar-refractivity contribution in [3.63, 3.8) is 0 Å². The van der Waals surface area contributed by atoms with Gasteiger partial charge in [0.25, 0.3) is 0 Å². The first-order valence-corrected chi connectivity index (χ1v) is 7.87. The SMILES string of the molecule is CNC1CC2CCCC(C1)N2C1CCC(=O)N(C)C1. The van der Waals surface area contributed by atoms with Crippen LogP contribution in [0.25, 0.3) is 0 Å². The summed E-state index contributed by atoms with van der Waals surface area (Å²) in [6.07, 6.45) is 8.49. The second-order valence-electron chi connectivity index (χ2n) is 6.61. The van der Waals surface area contributed by atoms with E-state index in [-0.39, 0.29) is 0 Å². The van der Waals surface area contributed by atoms with Crippen LogP contribution in [-0.2, 0) is 4.79 Å². The molecule has 4 heteroatoms. The van der Waals surface area contributed by atoms with Crippen molar-refractivity contribution in [2.24, 2.45) is 0 Å². The number of carbonyl (C=O) groups excluding carboxylic acids is 1. The fourth-order valence-corrected chi connectivity index (χ4v) is 4.48. The molecule has 3 atom stereocenters. The van der Waals surface area contributed by atoms with Crippen LogP contribution in [-0.4, -0.2) is 60.5 Å². The van der Waals surface area contributed by atoms with E-state index in [1.54, 1.807) is 0 Å². The van der Waals surface area contributed by atoms with E-state index in [0.717, 1.165) is 31.5 Å². The Morgan fingerprint density at radius 1 is 1.11 bits per heavy atom. The lowest BCUT2D eigenvalue weighted by atomic mass is 9.79. The van der Waals surface area contributed by atoms with Gasteiger partial charge < -0.3 is 10.2 Å². The Bertz CT molecular complexity index is 332. The molecule has 3 rings (SSSR count). The van der Waals surface area contributed by atoms with Gasteiger partial charge in [0.2, 0.25) is 5.91 Å². The maximum absolute atomic E-state index is 11.7. The average molecular weight is 265 g/mol. The third-order valence-corrected chi connectivity index (χ3v) is 5.46. The van der Waals surface area contributed by atoms with Gasteiger partial charge in [-0.15, -0.1) is 0 Å². The summed E-state index contributed by atoms with van der Waals surface area (Å²) in [7, 11) is 4.06. The van der Waals surface area contributed by atoms with E-state index in [1.165, 1.54) is 32.1 Å². The van der Waals surface area contributed by atoms with E-state index >= 15 is 0 Å². The topological polar surface area (TPSA) is 35.6 Å². The normalized spacial score (nSPS) is 40.5. The predicted molar refractivity (Wildman–Crippen MR) is 76.0 cm³/mol. The van der Waals surface area contributed by atoms with E-state index < -0.39 is 0 Å². The van der Waals surface area contributed by atoms with E-state index in [9.17, 15) is 4.79 Å². The molecule has 19 heavy (non-hydrogen) atoms. The number of likely N-dealkylation sites (tertiary alicyclic amines) is 1. The number of hydrogen-bond donors (Lipinski definition) is 1. The standard InChI is InChI=1S/C15H27N3O/c1-16-11-8-12-4-3-5-13(9-11)18(12)14-6-7-15(19)17(2)10-14/h11-14,16H,3-10H2,1-2H3. The molecule has 108 valence electrons. The number of nitrogens with one attached hydrogen (secondary N) is 1. The number of likely N-dealkylation sites (N-methyl/N-ethyl adjacent to an activating group) is 1. The van der Waals surface area contributed by atoms with Crippen molar-refractivity contribution in [3.05, 3.63) is 0 Å². The van der Waals surface area contributed by atoms with Gasteiger partial charge in [-0.2, -0.15) is 0 Å². The summed E-state index contributed by atoms with van der Waals surface area (Å²) >= 11 is 0. The van der Waals surface area contributed by atoms with Crippen LogP contribution in [0.3, 0.4) is 0 Å². The van der Waals surface area contributed by atoms with Crippen molar-refractivity contribution in [3.8, 4) is 0 Å². The number of hydrogen-bond acceptors (Lipinski definition) is 3. The van der Waals surface area contributed by atoms with Gasteiger partial charge in [-0.25, -0.2) is 0 Å². The Balaban J connectivity index is 1.71. The van der Waals surface area contributed by atoms with Crippen LogP contribution in [0.2, 0.25) is 0 Å². The molecule has 1 amide bonds. The monoisotopic (exact) mass is 265 g/mol. The molecule has 3 heterocycles. The van der Waals surface area contributed by atoms with E-state index in [2.05, 4.69) is 17.3 Å². The molecule has 3 aliphatic heterocycles. The fraction of sp³-hybridized carbons (Fsp3) is 0.933. The van der Waals surface area contributed by atoms with Crippen LogP contribution in [0.4, 0.5) is 0 Å². The summed E-state index contributed by atoms with van der Waals surface area (Å²) in [4.78, 5) is 16.4. The molecule has 3 aliphatic rings. The summed E-state index contributed by atoms with van der Waals surface area (Å²) in [6, 6.07) is 2.80. The second kappa shape index (κ2) is 5.41. The maximum Gasteiger partial charge on any atom is 0.222 e. The van der Waals surface area contributed by atoms with Crippen LogP contribution in [0, 0.1) is 0 Å². The van der Waals surface area contributed by atoms with Crippen molar-refractivity contribution in [2.45, 2.75) is 69.1 Å². The molecule has 1 N–H and O–H groups in total. The number of rotatable bonds is 2. The highest BCUT2D eigenvalue weighted by Gasteiger charge is 2.42. The molecule has 3 fully saturated rings. The molecule has 0 aliphatic carbocycles. The quantitative estimate of drug-likeness (QED) is 0.815. The summed E-state index contributed by atoms with van der Waals surface area (Å²) in [5, 5.41) is 3.48. The molecule has 0 spiro atoms. The second-order valence-corrected chi connectivity index (χ2v) is 6.61. The Morgan fingerprint density at radius 2 is 1.79 bits per heavy atom. The van der Waals surface area contributed by atoms with E-state index in [0.29, 0.717) is 18.0 Å². The molecule has 3 saturated heterocycles. The smallest absolute Gasteiger partial charge is 0.222 e. The van der Waals surface area contributed by atoms with Gasteiger partial charge in [-0.05, 0) is 39.2 Å². The highest BCUT2D eigenvalue weighted by atomic mass is 16.2. The predicted octanol–water partition coefficient (Wildman–Crippen LogP) is 1.21. The maximum atomic E-state index is 11.7. The molecule has 0 radical (unpaired) electrons. The van der Waals surface area contributed by atoms with Crippen LogP contribution in [0.15, 0.2) is 0 Å². The van der Waals surface area contributed by atoms with Gasteiger partial charge in [0.1, 0.15) is 0 Å². The van der Waals surface area contributed by atoms with Gasteiger partial charge in [0, 0.05) is 44.2 Å². The molecule has 4 nitrogen and oxygen atoms in total. The van der Waals surface area contributed by atoms with Crippen LogP contribution < -0.4 is 5.32 Å². The Labute approximate surface area is 116 Å². The van der Waals surface area contributed by atoms with Crippen LogP contribution >= 0.6 is 0 Å². The van der Waals surface area contributed by atoms with Gasteiger partial charge >= 0.3 is 0 Å². The molecule has 2 bridgehead atoms. The number of carbonyl (C=O) groups is 1. The zero-order chi connectivity index (χ0) is 13.4. The minimum Gasteiger partial charge on any atom is -0.344 e. The molecule has 0 aromatic heterocycles. The summed E-state index contributed by atoms with van der Waals surface area (Å²) < 4.78 is 0. The third-order valence-electron chi connectivity index (χ3n) is 5.46. The van der Waals surface area contributed by atoms with Gasteiger partial charge in [0.05, 0.1) is 0 Å². The lowest BCUT2D eigenvalue weighted by Gasteiger charge is -2.53. The van der Waals surface area contributed by atoms with Crippen molar-refractivity contribution in [1.82, 2.24) is 15.1 Å². The Kier molecular flexibility index (Phi) is 3.81. The molecular formula is C15H27N3O. The molecule has 0 aromatic carbocycles. The molecule has 3 unspecified atom stereocenters. The van der Waals surface area contributed by atoms with Gasteiger partial charge in [-0.1, -0.05) is 6.42 Å². The zero-order valence-electron chi connectivity index (χ0n) is 12.3. The Morgan fingerprint density at radius 3 is 2.37 bits per heavy atom. The van der Waals surface area contributed by atoms with Crippen LogP contribution in [0.5, 0.6) is 0 Å². The Hall–Kier alpha value is -0.610. The first-order valence-electron chi connectivity index (χ1n) is 7.87. The van der Waals surface area contributed by atoms with Crippen molar-refractivity contribution in [1.29, 1.82) is 0 Å². The zero-order valence-corrected chi connectivity index (χ0v) is 12.3. The molecule has 0 saturated carbocycles. The third kappa shape index (κ3) is 2.52. The minimum atomic E-state index is 0.325. The summed E-state index contributed by atoms with van der Waals surface area (Å²) in [6.45, 7) is 0.941. The first kappa shape index (κ1) is 13.4. The van der Waals surface area contributed by atoms with Crippen molar-refractivity contribution in [2.75, 3.05) is 20.6 Å². The highest BCUT2D eigenvalue weighted by Crippen LogP contribution is 2.37. The van der Waals surface area contributed by atoms with E-state index in [1.807, 2.05) is 11.9 Å². The fourth-order valence-electron chi connectivity index (χ4n) is 4.48. The lowest BCUT2D eigenvalue weighted by Crippen LogP contribution is -2.62. The van der Waals surface area contributed by atoms with E-state index in [4.69, 9.17) is 0 Å². The van der Waals surface area contributed by atoms with Crippen molar-refractivity contribution >= 4 is 5.91 Å². The minimum absolute atomic E-state index is 0.325. The van der Waals surface area contributed by atoms with Gasteiger partial charge in [-0.3, -0.25) is 9.69 Å².